The van der Waals surface area contributed by atoms with Gasteiger partial charge in [-0.25, -0.2) is 0 Å². The number of ether oxygens (including phenoxy) is 2. The number of benzene rings is 1. The van der Waals surface area contributed by atoms with E-state index in [-0.39, 0.29) is 12.8 Å². The molecule has 124 valence electrons. The molecule has 0 bridgehead atoms. The average Bonchev–Trinajstić information content (AvgIpc) is 3.33. The molecule has 8 heteroatoms. The zero-order chi connectivity index (χ0) is 16.4. The van der Waals surface area contributed by atoms with Crippen molar-refractivity contribution in [3.05, 3.63) is 42.5 Å². The highest BCUT2D eigenvalue weighted by Gasteiger charge is 2.16. The van der Waals surface area contributed by atoms with Gasteiger partial charge in [0.1, 0.15) is 0 Å². The molecule has 0 aliphatic carbocycles. The van der Waals surface area contributed by atoms with Crippen molar-refractivity contribution < 1.29 is 14.0 Å². The molecule has 2 aromatic heterocycles. The van der Waals surface area contributed by atoms with Gasteiger partial charge >= 0.3 is 0 Å². The van der Waals surface area contributed by atoms with Crippen LogP contribution in [-0.2, 0) is 13.1 Å². The van der Waals surface area contributed by atoms with E-state index in [2.05, 4.69) is 27.5 Å². The molecule has 0 fully saturated rings. The standard InChI is InChI=1S/C16H17N5O3/c1-11(9-21-6-2-5-18-21)17-8-15-19-16(20-24-15)12-3-4-13-14(7-12)23-10-22-13/h2-7,11,17H,8-10H2,1H3/t11-/m1/s1. The number of fused-ring (bicyclic) bond motifs is 1. The van der Waals surface area contributed by atoms with Gasteiger partial charge in [0.05, 0.1) is 13.1 Å². The van der Waals surface area contributed by atoms with Gasteiger partial charge in [-0.1, -0.05) is 5.16 Å². The zero-order valence-corrected chi connectivity index (χ0v) is 13.2. The van der Waals surface area contributed by atoms with Gasteiger partial charge in [0.25, 0.3) is 0 Å². The Kier molecular flexibility index (Phi) is 3.87. The van der Waals surface area contributed by atoms with Crippen molar-refractivity contribution in [3.63, 3.8) is 0 Å². The summed E-state index contributed by atoms with van der Waals surface area (Å²) >= 11 is 0. The van der Waals surface area contributed by atoms with Crippen molar-refractivity contribution in [1.82, 2.24) is 25.2 Å². The van der Waals surface area contributed by atoms with E-state index in [0.717, 1.165) is 17.9 Å². The molecule has 0 radical (unpaired) electrons. The minimum absolute atomic E-state index is 0.228. The van der Waals surface area contributed by atoms with Gasteiger partial charge in [-0.15, -0.1) is 0 Å². The number of hydrogen-bond donors (Lipinski definition) is 1. The maximum Gasteiger partial charge on any atom is 0.240 e. The molecule has 8 nitrogen and oxygen atoms in total. The molecule has 4 rings (SSSR count). The van der Waals surface area contributed by atoms with Crippen LogP contribution in [0.4, 0.5) is 0 Å². The first-order valence-corrected chi connectivity index (χ1v) is 7.71. The molecule has 0 saturated heterocycles. The largest absolute Gasteiger partial charge is 0.454 e. The van der Waals surface area contributed by atoms with E-state index in [9.17, 15) is 0 Å². The summed E-state index contributed by atoms with van der Waals surface area (Å²) in [5, 5.41) is 11.6. The lowest BCUT2D eigenvalue weighted by molar-refractivity contribution is 0.174. The molecule has 24 heavy (non-hydrogen) atoms. The van der Waals surface area contributed by atoms with Crippen LogP contribution < -0.4 is 14.8 Å². The van der Waals surface area contributed by atoms with Crippen LogP contribution in [0.3, 0.4) is 0 Å². The quantitative estimate of drug-likeness (QED) is 0.739. The Hall–Kier alpha value is -2.87. The molecule has 0 unspecified atom stereocenters. The summed E-state index contributed by atoms with van der Waals surface area (Å²) in [6, 6.07) is 7.71. The SMILES string of the molecule is C[C@H](Cn1cccn1)NCc1nc(-c2ccc3c(c2)OCO3)no1. The van der Waals surface area contributed by atoms with E-state index < -0.39 is 0 Å². The Bertz CT molecular complexity index is 815. The Morgan fingerprint density at radius 2 is 2.21 bits per heavy atom. The molecule has 0 amide bonds. The van der Waals surface area contributed by atoms with Crippen molar-refractivity contribution >= 4 is 0 Å². The number of hydrogen-bond acceptors (Lipinski definition) is 7. The Labute approximate surface area is 138 Å². The van der Waals surface area contributed by atoms with E-state index in [1.807, 2.05) is 35.1 Å². The van der Waals surface area contributed by atoms with Crippen LogP contribution in [0.1, 0.15) is 12.8 Å². The third-order valence-electron chi connectivity index (χ3n) is 3.72. The molecule has 1 aromatic carbocycles. The summed E-state index contributed by atoms with van der Waals surface area (Å²) < 4.78 is 17.9. The van der Waals surface area contributed by atoms with Crippen molar-refractivity contribution in [2.75, 3.05) is 6.79 Å². The smallest absolute Gasteiger partial charge is 0.240 e. The fraction of sp³-hybridized carbons (Fsp3) is 0.312. The lowest BCUT2D eigenvalue weighted by atomic mass is 10.2. The first-order valence-electron chi connectivity index (χ1n) is 7.71. The molecule has 3 heterocycles. The second-order valence-corrected chi connectivity index (χ2v) is 5.59. The maximum absolute atomic E-state index is 5.37. The minimum Gasteiger partial charge on any atom is -0.454 e. The molecule has 3 aromatic rings. The lowest BCUT2D eigenvalue weighted by Gasteiger charge is -2.11. The van der Waals surface area contributed by atoms with Crippen LogP contribution in [0.5, 0.6) is 11.5 Å². The molecule has 1 N–H and O–H groups in total. The summed E-state index contributed by atoms with van der Waals surface area (Å²) in [6.07, 6.45) is 3.70. The summed E-state index contributed by atoms with van der Waals surface area (Å²) in [5.41, 5.74) is 0.832. The van der Waals surface area contributed by atoms with Crippen molar-refractivity contribution in [2.45, 2.75) is 26.1 Å². The number of aromatic nitrogens is 4. The summed E-state index contributed by atoms with van der Waals surface area (Å²) in [4.78, 5) is 4.42. The Balaban J connectivity index is 1.38. The first-order chi connectivity index (χ1) is 11.8. The highest BCUT2D eigenvalue weighted by Crippen LogP contribution is 2.35. The summed E-state index contributed by atoms with van der Waals surface area (Å²) in [7, 11) is 0. The minimum atomic E-state index is 0.228. The summed E-state index contributed by atoms with van der Waals surface area (Å²) in [6.45, 7) is 3.60. The van der Waals surface area contributed by atoms with E-state index in [1.165, 1.54) is 0 Å². The summed E-state index contributed by atoms with van der Waals surface area (Å²) in [5.74, 6) is 2.50. The van der Waals surface area contributed by atoms with Crippen LogP contribution >= 0.6 is 0 Å². The highest BCUT2D eigenvalue weighted by molar-refractivity contribution is 5.61. The monoisotopic (exact) mass is 327 g/mol. The van der Waals surface area contributed by atoms with E-state index in [0.29, 0.717) is 24.0 Å². The third-order valence-corrected chi connectivity index (χ3v) is 3.72. The van der Waals surface area contributed by atoms with Gasteiger partial charge in [-0.2, -0.15) is 10.1 Å². The predicted octanol–water partition coefficient (Wildman–Crippen LogP) is 1.84. The number of rotatable bonds is 6. The van der Waals surface area contributed by atoms with Crippen molar-refractivity contribution in [3.8, 4) is 22.9 Å². The third kappa shape index (κ3) is 3.09. The van der Waals surface area contributed by atoms with Crippen LogP contribution in [0.15, 0.2) is 41.2 Å². The highest BCUT2D eigenvalue weighted by atomic mass is 16.7. The predicted molar refractivity (Wildman–Crippen MR) is 84.4 cm³/mol. The second-order valence-electron chi connectivity index (χ2n) is 5.59. The van der Waals surface area contributed by atoms with Gasteiger partial charge in [0, 0.05) is 24.0 Å². The Morgan fingerprint density at radius 3 is 3.08 bits per heavy atom. The number of nitrogens with zero attached hydrogens (tertiary/aromatic N) is 4. The van der Waals surface area contributed by atoms with Gasteiger partial charge < -0.3 is 19.3 Å². The molecule has 0 saturated carbocycles. The fourth-order valence-electron chi connectivity index (χ4n) is 2.49. The molecule has 1 aliphatic heterocycles. The second kappa shape index (κ2) is 6.32. The van der Waals surface area contributed by atoms with Crippen molar-refractivity contribution in [1.29, 1.82) is 0 Å². The van der Waals surface area contributed by atoms with Gasteiger partial charge in [-0.3, -0.25) is 4.68 Å². The molecular formula is C16H17N5O3. The first kappa shape index (κ1) is 14.7. The van der Waals surface area contributed by atoms with Gasteiger partial charge in [0.15, 0.2) is 11.5 Å². The van der Waals surface area contributed by atoms with Crippen LogP contribution in [0.2, 0.25) is 0 Å². The molecular weight excluding hydrogens is 310 g/mol. The average molecular weight is 327 g/mol. The van der Waals surface area contributed by atoms with E-state index >= 15 is 0 Å². The lowest BCUT2D eigenvalue weighted by Crippen LogP contribution is -2.30. The zero-order valence-electron chi connectivity index (χ0n) is 13.2. The van der Waals surface area contributed by atoms with Crippen LogP contribution in [0.25, 0.3) is 11.4 Å². The van der Waals surface area contributed by atoms with Crippen LogP contribution in [0, 0.1) is 0 Å². The van der Waals surface area contributed by atoms with Gasteiger partial charge in [0.2, 0.25) is 18.5 Å². The molecule has 1 aliphatic rings. The topological polar surface area (TPSA) is 87.2 Å². The fourth-order valence-corrected chi connectivity index (χ4v) is 2.49. The van der Waals surface area contributed by atoms with Crippen LogP contribution in [-0.4, -0.2) is 32.8 Å². The molecule has 1 atom stereocenters. The Morgan fingerprint density at radius 1 is 1.29 bits per heavy atom. The molecule has 0 spiro atoms. The normalized spacial score (nSPS) is 14.0. The van der Waals surface area contributed by atoms with E-state index in [1.54, 1.807) is 6.20 Å². The maximum atomic E-state index is 5.37. The van der Waals surface area contributed by atoms with E-state index in [4.69, 9.17) is 14.0 Å². The number of nitrogens with one attached hydrogen (secondary N) is 1. The van der Waals surface area contributed by atoms with Gasteiger partial charge in [-0.05, 0) is 31.2 Å². The van der Waals surface area contributed by atoms with Crippen molar-refractivity contribution in [2.24, 2.45) is 0 Å².